The van der Waals surface area contributed by atoms with Gasteiger partial charge in [-0.15, -0.1) is 0 Å². The van der Waals surface area contributed by atoms with E-state index < -0.39 is 29.4 Å². The maximum absolute atomic E-state index is 13.6. The predicted octanol–water partition coefficient (Wildman–Crippen LogP) is 4.87. The summed E-state index contributed by atoms with van der Waals surface area (Å²) in [6.45, 7) is 0.468. The maximum Gasteiger partial charge on any atom is 0.420 e. The summed E-state index contributed by atoms with van der Waals surface area (Å²) in [5, 5.41) is 12.4. The fourth-order valence-corrected chi connectivity index (χ4v) is 4.28. The van der Waals surface area contributed by atoms with Gasteiger partial charge in [0.1, 0.15) is 11.3 Å². The summed E-state index contributed by atoms with van der Waals surface area (Å²) in [4.78, 5) is 32.1. The Balaban J connectivity index is 1.60. The molecule has 1 aliphatic heterocycles. The van der Waals surface area contributed by atoms with Crippen LogP contribution in [0.4, 0.5) is 29.6 Å². The van der Waals surface area contributed by atoms with Crippen LogP contribution in [0, 0.1) is 11.8 Å². The third kappa shape index (κ3) is 6.39. The van der Waals surface area contributed by atoms with Gasteiger partial charge >= 0.3 is 12.3 Å². The van der Waals surface area contributed by atoms with Crippen LogP contribution in [0.25, 0.3) is 0 Å². The number of rotatable bonds is 5. The molecule has 0 bridgehead atoms. The van der Waals surface area contributed by atoms with Crippen LogP contribution in [-0.4, -0.2) is 38.5 Å². The zero-order valence-electron chi connectivity index (χ0n) is 20.1. The quantitative estimate of drug-likeness (QED) is 0.410. The van der Waals surface area contributed by atoms with Crippen LogP contribution in [0.15, 0.2) is 54.7 Å². The molecule has 1 aromatic heterocycles. The summed E-state index contributed by atoms with van der Waals surface area (Å²) in [7, 11) is 0. The third-order valence-electron chi connectivity index (χ3n) is 6.09. The van der Waals surface area contributed by atoms with Crippen LogP contribution in [-0.2, 0) is 17.4 Å². The first-order valence-electron chi connectivity index (χ1n) is 11.8. The van der Waals surface area contributed by atoms with E-state index in [1.807, 2.05) is 0 Å². The van der Waals surface area contributed by atoms with E-state index in [0.717, 1.165) is 18.4 Å². The number of anilines is 2. The Morgan fingerprint density at radius 2 is 1.84 bits per heavy atom. The Bertz CT molecular complexity index is 1400. The molecular weight excluding hydrogens is 499 g/mol. The first kappa shape index (κ1) is 26.5. The molecular formula is C27H24F3N5O3. The van der Waals surface area contributed by atoms with Gasteiger partial charge in [-0.05, 0) is 54.5 Å². The number of halogens is 3. The first-order valence-corrected chi connectivity index (χ1v) is 11.8. The molecule has 8 nitrogen and oxygen atoms in total. The molecule has 1 unspecified atom stereocenters. The van der Waals surface area contributed by atoms with Gasteiger partial charge in [-0.1, -0.05) is 36.3 Å². The average Bonchev–Trinajstić information content (AvgIpc) is 2.88. The van der Waals surface area contributed by atoms with Crippen molar-refractivity contribution in [3.63, 3.8) is 0 Å². The lowest BCUT2D eigenvalue weighted by Crippen LogP contribution is -2.37. The third-order valence-corrected chi connectivity index (χ3v) is 6.09. The van der Waals surface area contributed by atoms with E-state index in [0.29, 0.717) is 36.0 Å². The number of amides is 2. The lowest BCUT2D eigenvalue weighted by atomic mass is 9.95. The van der Waals surface area contributed by atoms with Crippen molar-refractivity contribution in [2.75, 3.05) is 11.9 Å². The van der Waals surface area contributed by atoms with Gasteiger partial charge in [0.15, 0.2) is 0 Å². The standard InChI is InChI=1S/C27H24F3N5O3/c28-27(29,30)21-16-32-25(34-22(21)13-10-17-5-1-2-6-19(17)15-24(31)36)33-20-11-8-18(9-12-20)23-7-3-4-14-35(23)26(37)38/h1-2,5-6,8-9,11-12,16,23H,3-4,7,14-15H2,(H2,31,36)(H,37,38)(H,32,33,34). The lowest BCUT2D eigenvalue weighted by molar-refractivity contribution is -0.138. The largest absolute Gasteiger partial charge is 0.465 e. The van der Waals surface area contributed by atoms with E-state index in [1.54, 1.807) is 48.5 Å². The van der Waals surface area contributed by atoms with Crippen LogP contribution >= 0.6 is 0 Å². The van der Waals surface area contributed by atoms with Gasteiger partial charge in [-0.2, -0.15) is 13.2 Å². The monoisotopic (exact) mass is 523 g/mol. The van der Waals surface area contributed by atoms with Crippen molar-refractivity contribution in [2.24, 2.45) is 5.73 Å². The first-order chi connectivity index (χ1) is 18.1. The van der Waals surface area contributed by atoms with Crippen LogP contribution < -0.4 is 11.1 Å². The Morgan fingerprint density at radius 1 is 1.11 bits per heavy atom. The normalized spacial score (nSPS) is 15.3. The highest BCUT2D eigenvalue weighted by Crippen LogP contribution is 2.33. The molecule has 1 aliphatic rings. The van der Waals surface area contributed by atoms with Crippen molar-refractivity contribution in [3.05, 3.63) is 82.7 Å². The highest BCUT2D eigenvalue weighted by Gasteiger charge is 2.35. The number of piperidine rings is 1. The number of benzene rings is 2. The van der Waals surface area contributed by atoms with Gasteiger partial charge in [-0.3, -0.25) is 4.79 Å². The van der Waals surface area contributed by atoms with Crippen molar-refractivity contribution in [1.82, 2.24) is 14.9 Å². The van der Waals surface area contributed by atoms with Gasteiger partial charge in [0.2, 0.25) is 11.9 Å². The molecule has 3 aromatic rings. The molecule has 4 N–H and O–H groups in total. The summed E-state index contributed by atoms with van der Waals surface area (Å²) >= 11 is 0. The molecule has 2 aromatic carbocycles. The molecule has 0 saturated carbocycles. The van der Waals surface area contributed by atoms with Crippen LogP contribution in [0.5, 0.6) is 0 Å². The maximum atomic E-state index is 13.6. The van der Waals surface area contributed by atoms with E-state index in [2.05, 4.69) is 27.1 Å². The number of nitrogens with one attached hydrogen (secondary N) is 1. The number of carbonyl (C=O) groups is 2. The van der Waals surface area contributed by atoms with Crippen LogP contribution in [0.2, 0.25) is 0 Å². The minimum Gasteiger partial charge on any atom is -0.465 e. The number of carbonyl (C=O) groups excluding carboxylic acids is 1. The summed E-state index contributed by atoms with van der Waals surface area (Å²) in [6, 6.07) is 13.2. The highest BCUT2D eigenvalue weighted by molar-refractivity contribution is 5.77. The molecule has 11 heteroatoms. The summed E-state index contributed by atoms with van der Waals surface area (Å²) < 4.78 is 40.9. The molecule has 196 valence electrons. The second-order valence-electron chi connectivity index (χ2n) is 8.74. The van der Waals surface area contributed by atoms with E-state index >= 15 is 0 Å². The number of nitrogens with two attached hydrogens (primary N) is 1. The van der Waals surface area contributed by atoms with Gasteiger partial charge in [0.05, 0.1) is 12.5 Å². The minimum absolute atomic E-state index is 0.0923. The molecule has 0 aliphatic carbocycles. The van der Waals surface area contributed by atoms with Crippen molar-refractivity contribution >= 4 is 23.6 Å². The van der Waals surface area contributed by atoms with E-state index in [1.165, 1.54) is 4.90 Å². The molecule has 4 rings (SSSR count). The second-order valence-corrected chi connectivity index (χ2v) is 8.74. The smallest absolute Gasteiger partial charge is 0.420 e. The topological polar surface area (TPSA) is 121 Å². The van der Waals surface area contributed by atoms with Crippen molar-refractivity contribution < 1.29 is 27.9 Å². The SMILES string of the molecule is NC(=O)Cc1ccccc1C#Cc1nc(Nc2ccc(C3CCCCN3C(=O)O)cc2)ncc1C(F)(F)F. The zero-order chi connectivity index (χ0) is 27.3. The Labute approximate surface area is 216 Å². The number of hydrogen-bond acceptors (Lipinski definition) is 5. The van der Waals surface area contributed by atoms with Crippen molar-refractivity contribution in [1.29, 1.82) is 0 Å². The Morgan fingerprint density at radius 3 is 2.53 bits per heavy atom. The second kappa shape index (κ2) is 11.2. The Hall–Kier alpha value is -4.59. The van der Waals surface area contributed by atoms with Gasteiger partial charge < -0.3 is 21.1 Å². The van der Waals surface area contributed by atoms with E-state index in [4.69, 9.17) is 5.73 Å². The fourth-order valence-electron chi connectivity index (χ4n) is 4.28. The molecule has 2 amide bonds. The fraction of sp³-hybridized carbons (Fsp3) is 0.259. The lowest BCUT2D eigenvalue weighted by Gasteiger charge is -2.33. The number of primary amides is 1. The highest BCUT2D eigenvalue weighted by atomic mass is 19.4. The summed E-state index contributed by atoms with van der Waals surface area (Å²) in [5.41, 5.74) is 5.83. The van der Waals surface area contributed by atoms with Gasteiger partial charge in [-0.25, -0.2) is 14.8 Å². The summed E-state index contributed by atoms with van der Waals surface area (Å²) in [6.07, 6.45) is -2.69. The molecule has 38 heavy (non-hydrogen) atoms. The number of aromatic nitrogens is 2. The predicted molar refractivity (Wildman–Crippen MR) is 133 cm³/mol. The average molecular weight is 524 g/mol. The zero-order valence-corrected chi connectivity index (χ0v) is 20.1. The minimum atomic E-state index is -4.73. The molecule has 1 saturated heterocycles. The van der Waals surface area contributed by atoms with E-state index in [-0.39, 0.29) is 18.4 Å². The molecule has 1 fully saturated rings. The molecule has 0 spiro atoms. The van der Waals surface area contributed by atoms with E-state index in [9.17, 15) is 27.9 Å². The number of nitrogens with zero attached hydrogens (tertiary/aromatic N) is 3. The molecule has 1 atom stereocenters. The van der Waals surface area contributed by atoms with Crippen LogP contribution in [0.1, 0.15) is 53.3 Å². The van der Waals surface area contributed by atoms with Gasteiger partial charge in [0, 0.05) is 24.0 Å². The van der Waals surface area contributed by atoms with Crippen molar-refractivity contribution in [2.45, 2.75) is 37.9 Å². The van der Waals surface area contributed by atoms with Crippen molar-refractivity contribution in [3.8, 4) is 11.8 Å². The number of likely N-dealkylation sites (tertiary alicyclic amines) is 1. The van der Waals surface area contributed by atoms with Gasteiger partial charge in [0.25, 0.3) is 0 Å². The summed E-state index contributed by atoms with van der Waals surface area (Å²) in [5.74, 6) is 4.45. The number of carboxylic acid groups (broad SMARTS) is 1. The molecule has 0 radical (unpaired) electrons. The number of alkyl halides is 3. The van der Waals surface area contributed by atoms with Crippen LogP contribution in [0.3, 0.4) is 0 Å². The Kier molecular flexibility index (Phi) is 7.81. The molecule has 2 heterocycles. The number of hydrogen-bond donors (Lipinski definition) is 3.